The summed E-state index contributed by atoms with van der Waals surface area (Å²) >= 11 is 12.0. The van der Waals surface area contributed by atoms with Gasteiger partial charge >= 0.3 is 0 Å². The molecule has 0 radical (unpaired) electrons. The number of ether oxygens (including phenoxy) is 1. The number of carbonyl (C=O) groups excluding carboxylic acids is 1. The van der Waals surface area contributed by atoms with Gasteiger partial charge in [0, 0.05) is 22.2 Å². The van der Waals surface area contributed by atoms with Crippen molar-refractivity contribution in [2.45, 2.75) is 20.0 Å². The van der Waals surface area contributed by atoms with Crippen LogP contribution in [0, 0.1) is 0 Å². The zero-order valence-corrected chi connectivity index (χ0v) is 10.1. The van der Waals surface area contributed by atoms with Crippen molar-refractivity contribution in [3.8, 4) is 0 Å². The Morgan fingerprint density at radius 2 is 1.93 bits per heavy atom. The lowest BCUT2D eigenvalue weighted by atomic mass is 10.1. The van der Waals surface area contributed by atoms with Crippen molar-refractivity contribution in [1.82, 2.24) is 0 Å². The lowest BCUT2D eigenvalue weighted by Gasteiger charge is -2.16. The van der Waals surface area contributed by atoms with Gasteiger partial charge in [-0.05, 0) is 26.0 Å². The van der Waals surface area contributed by atoms with E-state index in [1.54, 1.807) is 18.2 Å². The van der Waals surface area contributed by atoms with Gasteiger partial charge in [0.2, 0.25) is 0 Å². The van der Waals surface area contributed by atoms with E-state index >= 15 is 0 Å². The third kappa shape index (κ3) is 2.94. The summed E-state index contributed by atoms with van der Waals surface area (Å²) in [5.74, 6) is -0.105. The lowest BCUT2D eigenvalue weighted by Crippen LogP contribution is -2.14. The number of benzene rings is 1. The average Bonchev–Trinajstić information content (AvgIpc) is 2.15. The van der Waals surface area contributed by atoms with Crippen molar-refractivity contribution < 1.29 is 9.53 Å². The molecule has 0 aliphatic carbocycles. The minimum absolute atomic E-state index is 0.105. The topological polar surface area (TPSA) is 26.3 Å². The van der Waals surface area contributed by atoms with E-state index in [2.05, 4.69) is 0 Å². The number of carbonyl (C=O) groups is 1. The van der Waals surface area contributed by atoms with Crippen LogP contribution in [0.1, 0.15) is 25.5 Å². The summed E-state index contributed by atoms with van der Waals surface area (Å²) in [6.45, 7) is 3.71. The molecule has 0 saturated carbocycles. The molecule has 1 unspecified atom stereocenters. The summed E-state index contributed by atoms with van der Waals surface area (Å²) in [4.78, 5) is 11.4. The van der Waals surface area contributed by atoms with Crippen LogP contribution in [-0.4, -0.2) is 12.4 Å². The SMILES string of the molecule is CCOC(C(C)=O)c1c(Cl)cccc1Cl. The molecular formula is C11H12Cl2O2. The highest BCUT2D eigenvalue weighted by Gasteiger charge is 2.22. The summed E-state index contributed by atoms with van der Waals surface area (Å²) in [7, 11) is 0. The highest BCUT2D eigenvalue weighted by molar-refractivity contribution is 6.36. The second-order valence-corrected chi connectivity index (χ2v) is 3.90. The number of hydrogen-bond donors (Lipinski definition) is 0. The molecule has 15 heavy (non-hydrogen) atoms. The van der Waals surface area contributed by atoms with Crippen LogP contribution in [0.15, 0.2) is 18.2 Å². The molecule has 0 bridgehead atoms. The molecule has 1 atom stereocenters. The number of halogens is 2. The summed E-state index contributed by atoms with van der Waals surface area (Å²) in [6.07, 6.45) is -0.670. The molecule has 0 heterocycles. The average molecular weight is 247 g/mol. The van der Waals surface area contributed by atoms with E-state index in [-0.39, 0.29) is 5.78 Å². The first kappa shape index (κ1) is 12.5. The van der Waals surface area contributed by atoms with E-state index in [1.807, 2.05) is 6.92 Å². The van der Waals surface area contributed by atoms with Crippen LogP contribution >= 0.6 is 23.2 Å². The Labute approximate surface area is 99.1 Å². The van der Waals surface area contributed by atoms with Crippen LogP contribution in [0.5, 0.6) is 0 Å². The van der Waals surface area contributed by atoms with Crippen LogP contribution < -0.4 is 0 Å². The Hall–Kier alpha value is -0.570. The molecule has 1 aromatic rings. The maximum absolute atomic E-state index is 11.4. The van der Waals surface area contributed by atoms with E-state index in [1.165, 1.54) is 6.92 Å². The second-order valence-electron chi connectivity index (χ2n) is 3.08. The molecule has 0 spiro atoms. The van der Waals surface area contributed by atoms with Crippen LogP contribution in [0.2, 0.25) is 10.0 Å². The third-order valence-corrected chi connectivity index (χ3v) is 2.62. The zero-order valence-electron chi connectivity index (χ0n) is 8.59. The van der Waals surface area contributed by atoms with Crippen molar-refractivity contribution in [3.05, 3.63) is 33.8 Å². The fraction of sp³-hybridized carbons (Fsp3) is 0.364. The molecule has 4 heteroatoms. The van der Waals surface area contributed by atoms with Crippen molar-refractivity contribution in [2.75, 3.05) is 6.61 Å². The standard InChI is InChI=1S/C11H12Cl2O2/c1-3-15-11(7(2)14)10-8(12)5-4-6-9(10)13/h4-6,11H,3H2,1-2H3. The largest absolute Gasteiger partial charge is 0.366 e. The molecule has 0 aromatic heterocycles. The van der Waals surface area contributed by atoms with Gasteiger partial charge in [-0.2, -0.15) is 0 Å². The fourth-order valence-corrected chi connectivity index (χ4v) is 1.93. The van der Waals surface area contributed by atoms with Gasteiger partial charge in [0.25, 0.3) is 0 Å². The molecule has 0 fully saturated rings. The van der Waals surface area contributed by atoms with Crippen LogP contribution in [0.25, 0.3) is 0 Å². The molecule has 82 valence electrons. The Morgan fingerprint density at radius 1 is 1.40 bits per heavy atom. The normalized spacial score (nSPS) is 12.5. The first-order chi connectivity index (χ1) is 7.07. The first-order valence-corrected chi connectivity index (χ1v) is 5.39. The van der Waals surface area contributed by atoms with Gasteiger partial charge in [0.1, 0.15) is 6.10 Å². The van der Waals surface area contributed by atoms with E-state index in [0.29, 0.717) is 22.2 Å². The Bertz CT molecular complexity index is 343. The predicted octanol–water partition coefficient (Wildman–Crippen LogP) is 3.66. The van der Waals surface area contributed by atoms with E-state index in [4.69, 9.17) is 27.9 Å². The van der Waals surface area contributed by atoms with Gasteiger partial charge in [-0.15, -0.1) is 0 Å². The summed E-state index contributed by atoms with van der Waals surface area (Å²) < 4.78 is 5.33. The van der Waals surface area contributed by atoms with Crippen LogP contribution in [0.4, 0.5) is 0 Å². The minimum Gasteiger partial charge on any atom is -0.366 e. The quantitative estimate of drug-likeness (QED) is 0.811. The van der Waals surface area contributed by atoms with Crippen LogP contribution in [-0.2, 0) is 9.53 Å². The third-order valence-electron chi connectivity index (χ3n) is 1.96. The van der Waals surface area contributed by atoms with Crippen molar-refractivity contribution >= 4 is 29.0 Å². The second kappa shape index (κ2) is 5.50. The fourth-order valence-electron chi connectivity index (χ4n) is 1.33. The monoisotopic (exact) mass is 246 g/mol. The Kier molecular flexibility index (Phi) is 4.58. The number of ketones is 1. The maximum atomic E-state index is 11.4. The molecule has 0 amide bonds. The molecule has 0 N–H and O–H groups in total. The van der Waals surface area contributed by atoms with Crippen molar-refractivity contribution in [1.29, 1.82) is 0 Å². The van der Waals surface area contributed by atoms with Gasteiger partial charge in [0.15, 0.2) is 5.78 Å². The number of Topliss-reactive ketones (excluding diaryl/α,β-unsaturated/α-hetero) is 1. The predicted molar refractivity (Wildman–Crippen MR) is 61.5 cm³/mol. The number of rotatable bonds is 4. The molecular weight excluding hydrogens is 235 g/mol. The number of hydrogen-bond acceptors (Lipinski definition) is 2. The summed E-state index contributed by atoms with van der Waals surface area (Å²) in [6, 6.07) is 5.12. The molecule has 1 aromatic carbocycles. The summed E-state index contributed by atoms with van der Waals surface area (Å²) in [5, 5.41) is 0.910. The van der Waals surface area contributed by atoms with E-state index < -0.39 is 6.10 Å². The van der Waals surface area contributed by atoms with Gasteiger partial charge in [0.05, 0.1) is 0 Å². The lowest BCUT2D eigenvalue weighted by molar-refractivity contribution is -0.128. The zero-order chi connectivity index (χ0) is 11.4. The van der Waals surface area contributed by atoms with Gasteiger partial charge in [-0.3, -0.25) is 4.79 Å². The molecule has 1 rings (SSSR count). The summed E-state index contributed by atoms with van der Waals surface area (Å²) in [5.41, 5.74) is 0.551. The van der Waals surface area contributed by atoms with Crippen molar-refractivity contribution in [2.24, 2.45) is 0 Å². The highest BCUT2D eigenvalue weighted by Crippen LogP contribution is 2.32. The first-order valence-electron chi connectivity index (χ1n) is 4.63. The van der Waals surface area contributed by atoms with Gasteiger partial charge in [-0.25, -0.2) is 0 Å². The molecule has 2 nitrogen and oxygen atoms in total. The van der Waals surface area contributed by atoms with E-state index in [0.717, 1.165) is 0 Å². The smallest absolute Gasteiger partial charge is 0.163 e. The van der Waals surface area contributed by atoms with Crippen molar-refractivity contribution in [3.63, 3.8) is 0 Å². The van der Waals surface area contributed by atoms with Gasteiger partial charge < -0.3 is 4.74 Å². The minimum atomic E-state index is -0.670. The molecule has 0 aliphatic rings. The van der Waals surface area contributed by atoms with Gasteiger partial charge in [-0.1, -0.05) is 29.3 Å². The Morgan fingerprint density at radius 3 is 2.33 bits per heavy atom. The Balaban J connectivity index is 3.15. The molecule has 0 saturated heterocycles. The maximum Gasteiger partial charge on any atom is 0.163 e. The van der Waals surface area contributed by atoms with Crippen LogP contribution in [0.3, 0.4) is 0 Å². The van der Waals surface area contributed by atoms with E-state index in [9.17, 15) is 4.79 Å². The highest BCUT2D eigenvalue weighted by atomic mass is 35.5. The molecule has 0 aliphatic heterocycles.